The van der Waals surface area contributed by atoms with Gasteiger partial charge < -0.3 is 9.29 Å². The quantitative estimate of drug-likeness (QED) is 0.780. The topological polar surface area (TPSA) is 101 Å². The highest BCUT2D eigenvalue weighted by Gasteiger charge is 2.55. The number of carbonyl (C=O) groups excluding carboxylic acids is 1. The van der Waals surface area contributed by atoms with Crippen molar-refractivity contribution in [1.29, 1.82) is 0 Å². The molecule has 0 unspecified atom stereocenters. The van der Waals surface area contributed by atoms with Gasteiger partial charge >= 0.3 is 10.4 Å². The predicted molar refractivity (Wildman–Crippen MR) is 89.9 cm³/mol. The number of fused-ring (bicyclic) bond motifs is 5. The molecule has 136 valence electrons. The molecule has 0 amide bonds. The van der Waals surface area contributed by atoms with Crippen LogP contribution < -0.4 is 4.18 Å². The van der Waals surface area contributed by atoms with Crippen LogP contribution in [0.2, 0.25) is 0 Å². The van der Waals surface area contributed by atoms with E-state index in [4.69, 9.17) is 8.74 Å². The second-order valence-electron chi connectivity index (χ2n) is 7.86. The van der Waals surface area contributed by atoms with E-state index in [0.717, 1.165) is 36.8 Å². The fraction of sp³-hybridized carbons (Fsp3) is 0.611. The van der Waals surface area contributed by atoms with Crippen LogP contribution in [0, 0.1) is 17.3 Å². The average molecular weight is 366 g/mol. The number of aryl methyl sites for hydroxylation is 1. The van der Waals surface area contributed by atoms with Gasteiger partial charge in [-0.3, -0.25) is 9.35 Å². The Kier molecular flexibility index (Phi) is 3.67. The monoisotopic (exact) mass is 366 g/mol. The Hall–Kier alpha value is -1.60. The van der Waals surface area contributed by atoms with Crippen LogP contribution >= 0.6 is 0 Å². The molecule has 7 heteroatoms. The van der Waals surface area contributed by atoms with Crippen molar-refractivity contribution < 1.29 is 27.1 Å². The Morgan fingerprint density at radius 3 is 2.68 bits per heavy atom. The van der Waals surface area contributed by atoms with Crippen LogP contribution in [-0.4, -0.2) is 23.9 Å². The van der Waals surface area contributed by atoms with Crippen molar-refractivity contribution in [1.82, 2.24) is 0 Å². The van der Waals surface area contributed by atoms with Gasteiger partial charge in [0.05, 0.1) is 0 Å². The molecule has 1 aromatic carbocycles. The first kappa shape index (κ1) is 16.8. The summed E-state index contributed by atoms with van der Waals surface area (Å²) in [5.74, 6) is 0.977. The zero-order valence-corrected chi connectivity index (χ0v) is 14.9. The van der Waals surface area contributed by atoms with Crippen LogP contribution in [0.5, 0.6) is 11.5 Å². The molecule has 0 spiro atoms. The third-order valence-electron chi connectivity index (χ3n) is 6.67. The van der Waals surface area contributed by atoms with E-state index in [0.29, 0.717) is 30.5 Å². The van der Waals surface area contributed by atoms with Crippen LogP contribution in [0.4, 0.5) is 0 Å². The molecule has 2 fully saturated rings. The van der Waals surface area contributed by atoms with E-state index in [2.05, 4.69) is 6.92 Å². The minimum Gasteiger partial charge on any atom is -0.508 e. The van der Waals surface area contributed by atoms with Crippen molar-refractivity contribution in [3.63, 3.8) is 0 Å². The molecule has 6 nitrogen and oxygen atoms in total. The zero-order chi connectivity index (χ0) is 18.0. The summed E-state index contributed by atoms with van der Waals surface area (Å²) < 4.78 is 36.4. The fourth-order valence-corrected chi connectivity index (χ4v) is 5.98. The number of aromatic hydroxyl groups is 1. The van der Waals surface area contributed by atoms with Gasteiger partial charge in [0.15, 0.2) is 5.75 Å². The highest BCUT2D eigenvalue weighted by molar-refractivity contribution is 7.81. The van der Waals surface area contributed by atoms with Gasteiger partial charge in [0.1, 0.15) is 11.5 Å². The van der Waals surface area contributed by atoms with E-state index >= 15 is 0 Å². The lowest BCUT2D eigenvalue weighted by Gasteiger charge is -2.48. The van der Waals surface area contributed by atoms with Crippen molar-refractivity contribution in [2.45, 2.75) is 51.4 Å². The number of hydrogen-bond acceptors (Lipinski definition) is 5. The minimum absolute atomic E-state index is 0.0140. The summed E-state index contributed by atoms with van der Waals surface area (Å²) in [6, 6.07) is 2.90. The van der Waals surface area contributed by atoms with E-state index < -0.39 is 10.4 Å². The standard InChI is InChI=1S/C18H22O6S/c1-18-7-6-13-12(14(18)4-5-16(18)20)3-2-10-8-11(19)9-15(17(10)13)24-25(21,22)23/h8-9,12-14,19H,2-7H2,1H3,(H,21,22,23)/t12-,13+,14+,18+/m1/s1. The van der Waals surface area contributed by atoms with E-state index in [-0.39, 0.29) is 22.8 Å². The number of benzene rings is 1. The lowest BCUT2D eigenvalue weighted by atomic mass is 9.55. The number of hydrogen-bond donors (Lipinski definition) is 2. The molecule has 2 saturated carbocycles. The number of ketones is 1. The highest BCUT2D eigenvalue weighted by atomic mass is 32.3. The molecule has 0 aliphatic heterocycles. The first-order valence-electron chi connectivity index (χ1n) is 8.75. The van der Waals surface area contributed by atoms with Crippen molar-refractivity contribution in [2.24, 2.45) is 17.3 Å². The fourth-order valence-electron chi connectivity index (χ4n) is 5.62. The first-order valence-corrected chi connectivity index (χ1v) is 10.1. The van der Waals surface area contributed by atoms with E-state index in [1.807, 2.05) is 0 Å². The van der Waals surface area contributed by atoms with Crippen molar-refractivity contribution in [2.75, 3.05) is 0 Å². The van der Waals surface area contributed by atoms with Gasteiger partial charge in [-0.15, -0.1) is 0 Å². The number of phenolic OH excluding ortho intramolecular Hbond substituents is 1. The largest absolute Gasteiger partial charge is 0.508 e. The maximum absolute atomic E-state index is 12.4. The van der Waals surface area contributed by atoms with Crippen LogP contribution in [0.15, 0.2) is 12.1 Å². The average Bonchev–Trinajstić information content (AvgIpc) is 2.80. The molecule has 2 N–H and O–H groups in total. The molecule has 1 aromatic rings. The third kappa shape index (κ3) is 2.64. The van der Waals surface area contributed by atoms with Gasteiger partial charge in [-0.2, -0.15) is 8.42 Å². The summed E-state index contributed by atoms with van der Waals surface area (Å²) in [6.45, 7) is 2.07. The summed E-state index contributed by atoms with van der Waals surface area (Å²) >= 11 is 0. The Labute approximate surface area is 147 Å². The third-order valence-corrected chi connectivity index (χ3v) is 7.06. The summed E-state index contributed by atoms with van der Waals surface area (Å²) in [5.41, 5.74) is 1.38. The number of rotatable bonds is 2. The lowest BCUT2D eigenvalue weighted by Crippen LogP contribution is -2.42. The van der Waals surface area contributed by atoms with Crippen LogP contribution in [0.3, 0.4) is 0 Å². The number of phenols is 1. The van der Waals surface area contributed by atoms with Crippen molar-refractivity contribution in [3.05, 3.63) is 23.3 Å². The first-order chi connectivity index (χ1) is 11.7. The van der Waals surface area contributed by atoms with Crippen LogP contribution in [-0.2, 0) is 21.6 Å². The minimum atomic E-state index is -4.67. The molecule has 0 heterocycles. The molecular weight excluding hydrogens is 344 g/mol. The predicted octanol–water partition coefficient (Wildman–Crippen LogP) is 3.00. The summed E-state index contributed by atoms with van der Waals surface area (Å²) in [6.07, 6.45) is 4.69. The maximum atomic E-state index is 12.4. The van der Waals surface area contributed by atoms with Crippen LogP contribution in [0.1, 0.15) is 56.1 Å². The maximum Gasteiger partial charge on any atom is 0.446 e. The van der Waals surface area contributed by atoms with Gasteiger partial charge in [0.25, 0.3) is 0 Å². The highest BCUT2D eigenvalue weighted by Crippen LogP contribution is 2.60. The second kappa shape index (κ2) is 5.45. The smallest absolute Gasteiger partial charge is 0.446 e. The molecule has 0 bridgehead atoms. The summed E-state index contributed by atoms with van der Waals surface area (Å²) in [4.78, 5) is 12.4. The van der Waals surface area contributed by atoms with Gasteiger partial charge in [-0.1, -0.05) is 6.92 Å². The Morgan fingerprint density at radius 2 is 1.96 bits per heavy atom. The van der Waals surface area contributed by atoms with Gasteiger partial charge in [-0.05, 0) is 61.5 Å². The van der Waals surface area contributed by atoms with Gasteiger partial charge in [-0.25, -0.2) is 0 Å². The Bertz CT molecular complexity index is 845. The van der Waals surface area contributed by atoms with Crippen molar-refractivity contribution >= 4 is 16.2 Å². The molecule has 4 atom stereocenters. The summed E-state index contributed by atoms with van der Waals surface area (Å²) in [7, 11) is -4.67. The normalized spacial score (nSPS) is 34.2. The molecule has 0 radical (unpaired) electrons. The van der Waals surface area contributed by atoms with E-state index in [9.17, 15) is 18.3 Å². The van der Waals surface area contributed by atoms with Crippen molar-refractivity contribution in [3.8, 4) is 11.5 Å². The Balaban J connectivity index is 1.78. The number of carbonyl (C=O) groups is 1. The molecule has 0 saturated heterocycles. The molecule has 0 aromatic heterocycles. The lowest BCUT2D eigenvalue weighted by molar-refractivity contribution is -0.129. The summed E-state index contributed by atoms with van der Waals surface area (Å²) in [5, 5.41) is 9.89. The van der Waals surface area contributed by atoms with Gasteiger partial charge in [0, 0.05) is 23.5 Å². The molecule has 25 heavy (non-hydrogen) atoms. The number of Topliss-reactive ketones (excluding diaryl/α,β-unsaturated/α-hetero) is 1. The molecule has 4 rings (SSSR count). The molecule has 3 aliphatic rings. The molecule has 3 aliphatic carbocycles. The second-order valence-corrected chi connectivity index (χ2v) is 8.88. The Morgan fingerprint density at radius 1 is 1.20 bits per heavy atom. The SMILES string of the molecule is C[C@]12CC[C@@H]3c4c(cc(O)cc4OS(=O)(=O)O)CC[C@H]3[C@@H]1CCC2=O. The molecular formula is C18H22O6S. The van der Waals surface area contributed by atoms with E-state index in [1.165, 1.54) is 6.07 Å². The van der Waals surface area contributed by atoms with E-state index in [1.54, 1.807) is 6.07 Å². The van der Waals surface area contributed by atoms with Gasteiger partial charge in [0.2, 0.25) is 0 Å². The van der Waals surface area contributed by atoms with Crippen LogP contribution in [0.25, 0.3) is 0 Å². The zero-order valence-electron chi connectivity index (χ0n) is 14.1.